The number of nitrogens with two attached hydrogens (primary N) is 1. The van der Waals surface area contributed by atoms with Crippen LogP contribution in [0.2, 0.25) is 5.02 Å². The first kappa shape index (κ1) is 50.1. The highest BCUT2D eigenvalue weighted by Gasteiger charge is 2.68. The molecule has 4 atom stereocenters. The Morgan fingerprint density at radius 2 is 1.63 bits per heavy atom. The summed E-state index contributed by atoms with van der Waals surface area (Å²) < 4.78 is 142. The summed E-state index contributed by atoms with van der Waals surface area (Å²) in [7, 11) is -2.25. The number of anilines is 1. The molecule has 1 aliphatic heterocycles. The molecular formula is C49H46BClF6N8O7S. The molecule has 2 aliphatic carbocycles. The van der Waals surface area contributed by atoms with Crippen LogP contribution in [0.15, 0.2) is 77.6 Å². The number of rotatable bonds is 14. The van der Waals surface area contributed by atoms with Gasteiger partial charge in [0.05, 0.1) is 69.5 Å². The Balaban J connectivity index is 1.27. The molecule has 1 saturated heterocycles. The highest BCUT2D eigenvalue weighted by Crippen LogP contribution is 2.68. The second-order valence-corrected chi connectivity index (χ2v) is 22.0. The number of hydrogen-bond acceptors (Lipinski definition) is 10. The minimum Gasteiger partial charge on any atom is -0.497 e. The number of carbonyl (C=O) groups is 1. The first-order valence-corrected chi connectivity index (χ1v) is 25.2. The Morgan fingerprint density at radius 3 is 2.23 bits per heavy atom. The van der Waals surface area contributed by atoms with Crippen LogP contribution in [0.25, 0.3) is 27.5 Å². The maximum atomic E-state index is 16.5. The fraction of sp³-hybridized carbons (Fsp3) is 0.367. The van der Waals surface area contributed by atoms with Gasteiger partial charge in [0.2, 0.25) is 15.9 Å². The van der Waals surface area contributed by atoms with Crippen molar-refractivity contribution >= 4 is 67.7 Å². The van der Waals surface area contributed by atoms with E-state index in [2.05, 4.69) is 10.2 Å². The van der Waals surface area contributed by atoms with E-state index in [1.807, 2.05) is 27.7 Å². The number of sulfonamides is 1. The van der Waals surface area contributed by atoms with E-state index in [1.54, 1.807) is 30.3 Å². The minimum absolute atomic E-state index is 0.00944. The fourth-order valence-corrected chi connectivity index (χ4v) is 11.3. The number of carbonyl (C=O) groups excluding carboxylic acids is 1. The van der Waals surface area contributed by atoms with Gasteiger partial charge in [0.1, 0.15) is 40.6 Å². The molecule has 3 aliphatic rings. The number of primary amides is 1. The first-order valence-electron chi connectivity index (χ1n) is 22.9. The van der Waals surface area contributed by atoms with Gasteiger partial charge < -0.3 is 19.8 Å². The molecule has 1 unspecified atom stereocenters. The molecule has 10 rings (SSSR count). The number of aromatic nitrogens is 6. The van der Waals surface area contributed by atoms with Crippen molar-refractivity contribution < 1.29 is 53.6 Å². The monoisotopic (exact) mass is 1050 g/mol. The van der Waals surface area contributed by atoms with Crippen molar-refractivity contribution in [2.75, 3.05) is 17.7 Å². The number of aryl methyl sites for hydroxylation is 1. The maximum absolute atomic E-state index is 16.5. The molecule has 15 nitrogen and oxygen atoms in total. The molecule has 2 N–H and O–H groups in total. The maximum Gasteiger partial charge on any atom is 0.494 e. The van der Waals surface area contributed by atoms with E-state index in [1.165, 1.54) is 43.1 Å². The lowest BCUT2D eigenvalue weighted by molar-refractivity contribution is -0.122. The summed E-state index contributed by atoms with van der Waals surface area (Å²) in [5.74, 6) is -11.7. The number of amides is 1. The lowest BCUT2D eigenvalue weighted by Gasteiger charge is -2.32. The molecule has 4 heterocycles. The van der Waals surface area contributed by atoms with Gasteiger partial charge in [-0.3, -0.25) is 18.8 Å². The van der Waals surface area contributed by atoms with Gasteiger partial charge in [-0.15, -0.1) is 0 Å². The molecule has 0 spiro atoms. The first-order chi connectivity index (χ1) is 34.2. The van der Waals surface area contributed by atoms with Crippen molar-refractivity contribution in [2.45, 2.75) is 88.5 Å². The Labute approximate surface area is 419 Å². The lowest BCUT2D eigenvalue weighted by Crippen LogP contribution is -2.41. The third-order valence-corrected chi connectivity index (χ3v) is 15.9. The standard InChI is InChI=1S/C49H46BClF6N8O7S/c1-47(2)48(3,4)72-50(71-47)25-10-13-29-34(19-25)59-44(31(18-24-16-26(52)20-27(53)17-24)39(43(58)66)65-41-36(38(60-65)42(54)55)30-21-32(30)49(41,56)57)64(46(29)67)35-15-14-33(51)37-40(35)62(5)61-45(37)63(73(7,68)69)22-23-8-11-28(70-6)12-9-23/h8-17,19-20,30-32,39,42H,18,21-22H2,1-7H3,(H2,58,66)/t30-,31-,32+,39?/m0/s1. The summed E-state index contributed by atoms with van der Waals surface area (Å²) in [5, 5.41) is 8.52. The van der Waals surface area contributed by atoms with Crippen LogP contribution in [0.4, 0.5) is 32.2 Å². The van der Waals surface area contributed by atoms with E-state index in [9.17, 15) is 22.0 Å². The number of fused-ring (bicyclic) bond motifs is 5. The van der Waals surface area contributed by atoms with Crippen LogP contribution in [-0.2, 0) is 50.1 Å². The average Bonchev–Trinajstić information content (AvgIpc) is 3.72. The van der Waals surface area contributed by atoms with Crippen LogP contribution in [0, 0.1) is 17.6 Å². The molecule has 0 radical (unpaired) electrons. The number of benzene rings is 4. The second-order valence-electron chi connectivity index (χ2n) is 19.7. The summed E-state index contributed by atoms with van der Waals surface area (Å²) in [6, 6.07) is 14.0. The van der Waals surface area contributed by atoms with Gasteiger partial charge in [-0.25, -0.2) is 40.0 Å². The zero-order chi connectivity index (χ0) is 52.6. The molecule has 382 valence electrons. The Hall–Kier alpha value is -6.43. The van der Waals surface area contributed by atoms with E-state index in [-0.39, 0.29) is 56.9 Å². The number of ether oxygens (including phenoxy) is 1. The fourth-order valence-electron chi connectivity index (χ4n) is 10.2. The van der Waals surface area contributed by atoms with E-state index >= 15 is 22.4 Å². The predicted molar refractivity (Wildman–Crippen MR) is 259 cm³/mol. The van der Waals surface area contributed by atoms with Crippen LogP contribution in [-0.4, -0.2) is 75.1 Å². The SMILES string of the molecule is COc1ccc(CN(c2nn(C)c3c(-n4c([C@@H](Cc5cc(F)cc(F)c5)C(C(N)=O)n5nc(C(F)F)c6c5C(F)(F)[C@@H]5C[C@H]65)nc5cc(B6OC(C)(C)C(C)(C)O6)ccc5c4=O)ccc(Cl)c23)S(C)(=O)=O)cc1. The summed E-state index contributed by atoms with van der Waals surface area (Å²) in [6.45, 7) is 7.07. The van der Waals surface area contributed by atoms with Crippen LogP contribution in [0.3, 0.4) is 0 Å². The molecule has 4 aromatic carbocycles. The lowest BCUT2D eigenvalue weighted by atomic mass is 9.78. The highest BCUT2D eigenvalue weighted by atomic mass is 35.5. The van der Waals surface area contributed by atoms with Gasteiger partial charge in [0.15, 0.2) is 5.82 Å². The number of alkyl halides is 4. The van der Waals surface area contributed by atoms with Crippen molar-refractivity contribution in [3.8, 4) is 11.4 Å². The van der Waals surface area contributed by atoms with Gasteiger partial charge >= 0.3 is 7.12 Å². The van der Waals surface area contributed by atoms with Gasteiger partial charge in [-0.1, -0.05) is 29.8 Å². The molecular weight excluding hydrogens is 1000 g/mol. The van der Waals surface area contributed by atoms with E-state index in [0.29, 0.717) is 27.5 Å². The number of methoxy groups -OCH3 is 1. The van der Waals surface area contributed by atoms with Crippen LogP contribution < -0.4 is 25.8 Å². The third-order valence-electron chi connectivity index (χ3n) is 14.5. The zero-order valence-corrected chi connectivity index (χ0v) is 41.7. The molecule has 24 heteroatoms. The average molecular weight is 1050 g/mol. The van der Waals surface area contributed by atoms with E-state index in [4.69, 9.17) is 36.4 Å². The molecule has 2 fully saturated rings. The normalized spacial score (nSPS) is 19.4. The largest absolute Gasteiger partial charge is 0.497 e. The van der Waals surface area contributed by atoms with Crippen molar-refractivity contribution in [1.29, 1.82) is 0 Å². The molecule has 0 bridgehead atoms. The smallest absolute Gasteiger partial charge is 0.494 e. The molecule has 73 heavy (non-hydrogen) atoms. The number of nitrogens with zero attached hydrogens (tertiary/aromatic N) is 7. The molecule has 1 amide bonds. The quantitative estimate of drug-likeness (QED) is 0.0833. The molecule has 1 saturated carbocycles. The van der Waals surface area contributed by atoms with Crippen molar-refractivity contribution in [3.05, 3.63) is 134 Å². The summed E-state index contributed by atoms with van der Waals surface area (Å²) in [6.07, 6.45) is -3.22. The Morgan fingerprint density at radius 1 is 0.973 bits per heavy atom. The van der Waals surface area contributed by atoms with Gasteiger partial charge in [0, 0.05) is 24.6 Å². The second kappa shape index (κ2) is 17.3. The van der Waals surface area contributed by atoms with Gasteiger partial charge in [0.25, 0.3) is 17.9 Å². The number of hydrogen-bond donors (Lipinski definition) is 1. The van der Waals surface area contributed by atoms with Crippen LogP contribution >= 0.6 is 11.6 Å². The van der Waals surface area contributed by atoms with Crippen molar-refractivity contribution in [2.24, 2.45) is 18.7 Å². The zero-order valence-electron chi connectivity index (χ0n) is 40.1. The molecule has 3 aromatic heterocycles. The van der Waals surface area contributed by atoms with E-state index < -0.39 is 117 Å². The third kappa shape index (κ3) is 8.31. The van der Waals surface area contributed by atoms with Crippen molar-refractivity contribution in [3.63, 3.8) is 0 Å². The topological polar surface area (TPSA) is 179 Å². The Kier molecular flexibility index (Phi) is 11.9. The Bertz CT molecular complexity index is 3570. The summed E-state index contributed by atoms with van der Waals surface area (Å²) in [4.78, 5) is 34.9. The highest BCUT2D eigenvalue weighted by molar-refractivity contribution is 7.92. The minimum atomic E-state index is -4.17. The number of halogens is 7. The summed E-state index contributed by atoms with van der Waals surface area (Å²) >= 11 is 6.97. The van der Waals surface area contributed by atoms with Crippen LogP contribution in [0.5, 0.6) is 5.75 Å². The van der Waals surface area contributed by atoms with E-state index in [0.717, 1.165) is 27.3 Å². The predicted octanol–water partition coefficient (Wildman–Crippen LogP) is 7.87. The molecule has 7 aromatic rings. The van der Waals surface area contributed by atoms with Gasteiger partial charge in [-0.05, 0) is 112 Å². The van der Waals surface area contributed by atoms with Crippen LogP contribution in [0.1, 0.15) is 92.3 Å². The van der Waals surface area contributed by atoms with Gasteiger partial charge in [-0.2, -0.15) is 19.0 Å². The summed E-state index contributed by atoms with van der Waals surface area (Å²) in [5.41, 5.74) is 1.84. The van der Waals surface area contributed by atoms with Crippen molar-refractivity contribution in [1.82, 2.24) is 29.1 Å².